The fourth-order valence-electron chi connectivity index (χ4n) is 8.57. The number of hydrogen-bond donors (Lipinski definition) is 0. The van der Waals surface area contributed by atoms with Crippen LogP contribution in [0.3, 0.4) is 0 Å². The molecule has 0 N–H and O–H groups in total. The van der Waals surface area contributed by atoms with Gasteiger partial charge in [0.15, 0.2) is 0 Å². The van der Waals surface area contributed by atoms with Gasteiger partial charge >= 0.3 is 0 Å². The Labute approximate surface area is 313 Å². The molecule has 2 heteroatoms. The predicted molar refractivity (Wildman–Crippen MR) is 229 cm³/mol. The molecule has 54 heavy (non-hydrogen) atoms. The van der Waals surface area contributed by atoms with Gasteiger partial charge in [-0.05, 0) is 93.4 Å². The van der Waals surface area contributed by atoms with Crippen molar-refractivity contribution in [1.82, 2.24) is 9.13 Å². The molecule has 2 aromatic heterocycles. The SMILES string of the molecule is c1ccc(-c2cc(-c3ccccc3)cc(-n3c4ccc(-c5ccccc5)cc4c4cc5c(cc43)c3ccccc3n5-c3cccc4ccccc34)c2)cc1. The van der Waals surface area contributed by atoms with Crippen molar-refractivity contribution in [3.05, 3.63) is 206 Å². The molecular formula is C52H34N2. The van der Waals surface area contributed by atoms with Crippen molar-refractivity contribution in [2.75, 3.05) is 0 Å². The van der Waals surface area contributed by atoms with Gasteiger partial charge in [-0.25, -0.2) is 0 Å². The zero-order valence-corrected chi connectivity index (χ0v) is 29.5. The van der Waals surface area contributed by atoms with E-state index >= 15 is 0 Å². The van der Waals surface area contributed by atoms with Gasteiger partial charge in [0.05, 0.1) is 27.8 Å². The first-order chi connectivity index (χ1) is 26.8. The van der Waals surface area contributed by atoms with Gasteiger partial charge in [0.1, 0.15) is 0 Å². The van der Waals surface area contributed by atoms with Crippen molar-refractivity contribution in [2.45, 2.75) is 0 Å². The molecule has 2 nitrogen and oxygen atoms in total. The Hall–Kier alpha value is -7.16. The standard InChI is InChI=1S/C52H34N2/c1-4-15-35(16-5-1)39-27-28-50-45(32-39)47-34-52-46(44-24-12-13-25-49(44)54(52)48-26-14-22-38-21-10-11-23-43(38)48)33-51(47)53(50)42-30-40(36-17-6-2-7-18-36)29-41(31-42)37-19-8-3-9-20-37/h1-34H. The van der Waals surface area contributed by atoms with Crippen LogP contribution in [0.5, 0.6) is 0 Å². The first-order valence-electron chi connectivity index (χ1n) is 18.6. The highest BCUT2D eigenvalue weighted by Crippen LogP contribution is 2.42. The van der Waals surface area contributed by atoms with E-state index in [2.05, 4.69) is 215 Å². The third-order valence-electron chi connectivity index (χ3n) is 11.1. The molecule has 0 fully saturated rings. The molecule has 0 saturated heterocycles. The van der Waals surface area contributed by atoms with Gasteiger partial charge in [-0.1, -0.05) is 152 Å². The van der Waals surface area contributed by atoms with Gasteiger partial charge in [0.2, 0.25) is 0 Å². The summed E-state index contributed by atoms with van der Waals surface area (Å²) in [5, 5.41) is 7.41. The average Bonchev–Trinajstić information content (AvgIpc) is 3.75. The molecule has 0 spiro atoms. The summed E-state index contributed by atoms with van der Waals surface area (Å²) in [6.45, 7) is 0. The minimum atomic E-state index is 1.14. The second kappa shape index (κ2) is 12.2. The van der Waals surface area contributed by atoms with Crippen molar-refractivity contribution in [2.24, 2.45) is 0 Å². The molecule has 11 rings (SSSR count). The third-order valence-corrected chi connectivity index (χ3v) is 11.1. The maximum Gasteiger partial charge on any atom is 0.0549 e. The van der Waals surface area contributed by atoms with Crippen LogP contribution in [0.2, 0.25) is 0 Å². The van der Waals surface area contributed by atoms with E-state index in [0.717, 1.165) is 5.69 Å². The number of benzene rings is 9. The first kappa shape index (κ1) is 30.5. The summed E-state index contributed by atoms with van der Waals surface area (Å²) in [5.41, 5.74) is 14.3. The fourth-order valence-corrected chi connectivity index (χ4v) is 8.57. The molecule has 0 amide bonds. The van der Waals surface area contributed by atoms with E-state index in [0.29, 0.717) is 0 Å². The molecule has 2 heterocycles. The van der Waals surface area contributed by atoms with E-state index < -0.39 is 0 Å². The van der Waals surface area contributed by atoms with Gasteiger partial charge < -0.3 is 9.13 Å². The lowest BCUT2D eigenvalue weighted by Gasteiger charge is -2.14. The topological polar surface area (TPSA) is 9.86 Å². The summed E-state index contributed by atoms with van der Waals surface area (Å²) in [4.78, 5) is 0. The molecule has 0 aliphatic carbocycles. The Morgan fingerprint density at radius 3 is 1.43 bits per heavy atom. The van der Waals surface area contributed by atoms with E-state index in [-0.39, 0.29) is 0 Å². The highest BCUT2D eigenvalue weighted by Gasteiger charge is 2.20. The van der Waals surface area contributed by atoms with Crippen molar-refractivity contribution in [3.63, 3.8) is 0 Å². The monoisotopic (exact) mass is 686 g/mol. The normalized spacial score (nSPS) is 11.7. The van der Waals surface area contributed by atoms with Crippen LogP contribution in [0.15, 0.2) is 206 Å². The number of rotatable bonds is 5. The predicted octanol–water partition coefficient (Wildman–Crippen LogP) is 14.0. The van der Waals surface area contributed by atoms with Crippen LogP contribution in [-0.2, 0) is 0 Å². The Bertz CT molecular complexity index is 3120. The number of fused-ring (bicyclic) bond motifs is 7. The van der Waals surface area contributed by atoms with Gasteiger partial charge in [-0.15, -0.1) is 0 Å². The van der Waals surface area contributed by atoms with E-state index in [9.17, 15) is 0 Å². The maximum absolute atomic E-state index is 2.49. The lowest BCUT2D eigenvalue weighted by molar-refractivity contribution is 1.18. The van der Waals surface area contributed by atoms with Gasteiger partial charge in [0, 0.05) is 32.6 Å². The number of para-hydroxylation sites is 1. The minimum absolute atomic E-state index is 1.14. The van der Waals surface area contributed by atoms with E-state index in [1.165, 1.54) is 93.5 Å². The summed E-state index contributed by atoms with van der Waals surface area (Å²) >= 11 is 0. The third kappa shape index (κ3) is 4.81. The maximum atomic E-state index is 2.49. The molecule has 0 saturated carbocycles. The fraction of sp³-hybridized carbons (Fsp3) is 0. The molecule has 0 aliphatic heterocycles. The van der Waals surface area contributed by atoms with Gasteiger partial charge in [-0.2, -0.15) is 0 Å². The van der Waals surface area contributed by atoms with Crippen molar-refractivity contribution in [3.8, 4) is 44.8 Å². The quantitative estimate of drug-likeness (QED) is 0.171. The lowest BCUT2D eigenvalue weighted by atomic mass is 9.98. The molecule has 0 radical (unpaired) electrons. The number of nitrogens with zero attached hydrogens (tertiary/aromatic N) is 2. The molecule has 0 atom stereocenters. The van der Waals surface area contributed by atoms with Crippen LogP contribution in [0.4, 0.5) is 0 Å². The minimum Gasteiger partial charge on any atom is -0.309 e. The Morgan fingerprint density at radius 2 is 0.741 bits per heavy atom. The highest BCUT2D eigenvalue weighted by molar-refractivity contribution is 6.20. The summed E-state index contributed by atoms with van der Waals surface area (Å²) < 4.78 is 4.96. The zero-order chi connectivity index (χ0) is 35.6. The Kier molecular flexibility index (Phi) is 6.90. The Morgan fingerprint density at radius 1 is 0.241 bits per heavy atom. The van der Waals surface area contributed by atoms with Crippen molar-refractivity contribution >= 4 is 54.4 Å². The molecule has 252 valence electrons. The smallest absolute Gasteiger partial charge is 0.0549 e. The Balaban J connectivity index is 1.27. The van der Waals surface area contributed by atoms with Crippen LogP contribution in [0, 0.1) is 0 Å². The number of aromatic nitrogens is 2. The zero-order valence-electron chi connectivity index (χ0n) is 29.5. The summed E-state index contributed by atoms with van der Waals surface area (Å²) in [5.74, 6) is 0. The van der Waals surface area contributed by atoms with Gasteiger partial charge in [-0.3, -0.25) is 0 Å². The van der Waals surface area contributed by atoms with Gasteiger partial charge in [0.25, 0.3) is 0 Å². The lowest BCUT2D eigenvalue weighted by Crippen LogP contribution is -1.97. The van der Waals surface area contributed by atoms with Crippen LogP contribution in [-0.4, -0.2) is 9.13 Å². The second-order valence-electron chi connectivity index (χ2n) is 14.2. The van der Waals surface area contributed by atoms with Crippen LogP contribution < -0.4 is 0 Å². The first-order valence-corrected chi connectivity index (χ1v) is 18.6. The molecular weight excluding hydrogens is 653 g/mol. The van der Waals surface area contributed by atoms with Crippen molar-refractivity contribution < 1.29 is 0 Å². The average molecular weight is 687 g/mol. The molecule has 0 bridgehead atoms. The van der Waals surface area contributed by atoms with E-state index in [1.54, 1.807) is 0 Å². The highest BCUT2D eigenvalue weighted by atomic mass is 15.0. The molecule has 9 aromatic carbocycles. The van der Waals surface area contributed by atoms with Crippen LogP contribution in [0.1, 0.15) is 0 Å². The van der Waals surface area contributed by atoms with Crippen molar-refractivity contribution in [1.29, 1.82) is 0 Å². The van der Waals surface area contributed by atoms with Crippen LogP contribution in [0.25, 0.3) is 99.1 Å². The molecule has 0 aliphatic rings. The molecule has 0 unspecified atom stereocenters. The largest absolute Gasteiger partial charge is 0.309 e. The second-order valence-corrected chi connectivity index (χ2v) is 14.2. The van der Waals surface area contributed by atoms with Crippen LogP contribution >= 0.6 is 0 Å². The summed E-state index contributed by atoms with van der Waals surface area (Å²) in [6, 6.07) is 75.3. The molecule has 11 aromatic rings. The number of hydrogen-bond acceptors (Lipinski definition) is 0. The van der Waals surface area contributed by atoms with E-state index in [4.69, 9.17) is 0 Å². The van der Waals surface area contributed by atoms with E-state index in [1.807, 2.05) is 0 Å². The summed E-state index contributed by atoms with van der Waals surface area (Å²) in [7, 11) is 0. The summed E-state index contributed by atoms with van der Waals surface area (Å²) in [6.07, 6.45) is 0.